The third-order valence-electron chi connectivity index (χ3n) is 9.19. The molecule has 4 heterocycles. The van der Waals surface area contributed by atoms with Crippen LogP contribution >= 0.6 is 0 Å². The highest BCUT2D eigenvalue weighted by Gasteiger charge is 2.30. The second-order valence-corrected chi connectivity index (χ2v) is 12.5. The third-order valence-corrected chi connectivity index (χ3v) is 9.19. The molecule has 0 atom stereocenters. The first kappa shape index (κ1) is 35.9. The van der Waals surface area contributed by atoms with E-state index in [-0.39, 0.29) is 28.2 Å². The number of piperidine rings is 2. The van der Waals surface area contributed by atoms with Gasteiger partial charge in [0.1, 0.15) is 23.9 Å². The summed E-state index contributed by atoms with van der Waals surface area (Å²) >= 11 is 0. The van der Waals surface area contributed by atoms with Gasteiger partial charge in [-0.05, 0) is 87.5 Å². The molecule has 8 nitrogen and oxygen atoms in total. The summed E-state index contributed by atoms with van der Waals surface area (Å²) in [5, 5.41) is 2.15. The number of carbonyl (C=O) groups excluding carboxylic acids is 1. The number of hydrogen-bond acceptors (Lipinski definition) is 6. The van der Waals surface area contributed by atoms with Crippen molar-refractivity contribution in [2.24, 2.45) is 5.92 Å². The van der Waals surface area contributed by atoms with Crippen molar-refractivity contribution < 1.29 is 26.7 Å². The summed E-state index contributed by atoms with van der Waals surface area (Å²) in [5.74, 6) is -1.90. The monoisotopic (exact) mass is 684 g/mol. The predicted molar refractivity (Wildman–Crippen MR) is 180 cm³/mol. The van der Waals surface area contributed by atoms with E-state index in [1.54, 1.807) is 13.0 Å². The Morgan fingerprint density at radius 1 is 0.918 bits per heavy atom. The van der Waals surface area contributed by atoms with Crippen LogP contribution in [0.1, 0.15) is 62.4 Å². The minimum Gasteiger partial charge on any atom is -0.343 e. The number of benzene rings is 2. The molecule has 262 valence electrons. The lowest BCUT2D eigenvalue weighted by Gasteiger charge is -2.41. The van der Waals surface area contributed by atoms with Crippen LogP contribution in [-0.2, 0) is 0 Å². The Labute approximate surface area is 282 Å². The molecule has 1 amide bonds. The van der Waals surface area contributed by atoms with E-state index in [1.165, 1.54) is 24.3 Å². The maximum Gasteiger partial charge on any atom is 0.405 e. The fourth-order valence-corrected chi connectivity index (χ4v) is 6.49. The number of rotatable bonds is 6. The van der Waals surface area contributed by atoms with E-state index in [0.717, 1.165) is 61.5 Å². The van der Waals surface area contributed by atoms with Crippen LogP contribution in [0, 0.1) is 24.5 Å². The van der Waals surface area contributed by atoms with Crippen molar-refractivity contribution in [3.63, 3.8) is 0 Å². The van der Waals surface area contributed by atoms with Crippen LogP contribution in [0.15, 0.2) is 53.3 Å². The van der Waals surface area contributed by atoms with Gasteiger partial charge in [-0.1, -0.05) is 32.9 Å². The van der Waals surface area contributed by atoms with Gasteiger partial charge < -0.3 is 15.1 Å². The van der Waals surface area contributed by atoms with Crippen molar-refractivity contribution in [3.05, 3.63) is 81.6 Å². The van der Waals surface area contributed by atoms with E-state index in [9.17, 15) is 22.8 Å². The molecule has 2 aliphatic heterocycles. The summed E-state index contributed by atoms with van der Waals surface area (Å²) < 4.78 is 69.7. The molecule has 13 heteroatoms. The van der Waals surface area contributed by atoms with E-state index in [4.69, 9.17) is 9.97 Å². The van der Waals surface area contributed by atoms with Crippen molar-refractivity contribution in [2.45, 2.75) is 65.6 Å². The number of nitrogens with one attached hydrogen (secondary N) is 1. The summed E-state index contributed by atoms with van der Waals surface area (Å²) in [4.78, 5) is 40.1. The highest BCUT2D eigenvalue weighted by Crippen LogP contribution is 2.34. The Kier molecular flexibility index (Phi) is 11.0. The maximum atomic E-state index is 15.1. The number of alkyl halides is 3. The molecule has 0 saturated carbocycles. The van der Waals surface area contributed by atoms with Gasteiger partial charge in [-0.25, -0.2) is 13.8 Å². The molecule has 4 aromatic rings. The van der Waals surface area contributed by atoms with Crippen LogP contribution in [0.3, 0.4) is 0 Å². The van der Waals surface area contributed by atoms with Gasteiger partial charge in [-0.15, -0.1) is 0 Å². The van der Waals surface area contributed by atoms with Crippen LogP contribution in [0.25, 0.3) is 28.0 Å². The molecule has 6 rings (SSSR count). The molecule has 2 aromatic heterocycles. The normalized spacial score (nSPS) is 16.4. The molecule has 0 bridgehead atoms. The molecule has 2 aromatic carbocycles. The molecular weight excluding hydrogens is 643 g/mol. The zero-order valence-corrected chi connectivity index (χ0v) is 28.1. The van der Waals surface area contributed by atoms with Crippen LogP contribution in [0.5, 0.6) is 0 Å². The summed E-state index contributed by atoms with van der Waals surface area (Å²) in [6, 6.07) is 10.7. The van der Waals surface area contributed by atoms with Crippen LogP contribution in [-0.4, -0.2) is 70.3 Å². The van der Waals surface area contributed by atoms with Gasteiger partial charge in [0.05, 0.1) is 5.69 Å². The van der Waals surface area contributed by atoms with Crippen molar-refractivity contribution in [1.82, 2.24) is 24.8 Å². The maximum absolute atomic E-state index is 15.1. The number of aryl methyl sites for hydroxylation is 1. The average molecular weight is 685 g/mol. The van der Waals surface area contributed by atoms with E-state index in [1.807, 2.05) is 24.1 Å². The van der Waals surface area contributed by atoms with Gasteiger partial charge >= 0.3 is 6.18 Å². The first-order valence-corrected chi connectivity index (χ1v) is 16.7. The zero-order valence-electron chi connectivity index (χ0n) is 28.1. The van der Waals surface area contributed by atoms with E-state index in [0.29, 0.717) is 36.2 Å². The lowest BCUT2D eigenvalue weighted by molar-refractivity contribution is -0.123. The molecule has 0 spiro atoms. The first-order chi connectivity index (χ1) is 23.4. The Bertz CT molecular complexity index is 1840. The average Bonchev–Trinajstić information content (AvgIpc) is 3.09. The molecule has 49 heavy (non-hydrogen) atoms. The van der Waals surface area contributed by atoms with Crippen LogP contribution < -0.4 is 15.8 Å². The molecule has 2 saturated heterocycles. The molecular formula is C36H41F5N6O2. The lowest BCUT2D eigenvalue weighted by atomic mass is 9.95. The number of pyridine rings is 1. The van der Waals surface area contributed by atoms with Gasteiger partial charge in [0.15, 0.2) is 5.65 Å². The topological polar surface area (TPSA) is 83.4 Å². The number of amides is 1. The molecule has 1 N–H and O–H groups in total. The fourth-order valence-electron chi connectivity index (χ4n) is 6.49. The van der Waals surface area contributed by atoms with E-state index in [2.05, 4.69) is 11.8 Å². The molecule has 2 fully saturated rings. The number of para-hydroxylation sites is 1. The van der Waals surface area contributed by atoms with Crippen molar-refractivity contribution in [1.29, 1.82) is 0 Å². The summed E-state index contributed by atoms with van der Waals surface area (Å²) in [6.45, 7) is 9.83. The Hall–Kier alpha value is -4.39. The summed E-state index contributed by atoms with van der Waals surface area (Å²) in [5.41, 5.74) is -0.0780. The Morgan fingerprint density at radius 3 is 2.20 bits per heavy atom. The molecule has 2 aliphatic rings. The smallest absolute Gasteiger partial charge is 0.343 e. The number of likely N-dealkylation sites (tertiary alicyclic amines) is 1. The van der Waals surface area contributed by atoms with Gasteiger partial charge in [-0.3, -0.25) is 14.2 Å². The second kappa shape index (κ2) is 15.0. The molecule has 0 aliphatic carbocycles. The summed E-state index contributed by atoms with van der Waals surface area (Å²) in [6.07, 6.45) is -0.570. The van der Waals surface area contributed by atoms with Gasteiger partial charge in [0.25, 0.3) is 11.5 Å². The minimum absolute atomic E-state index is 0.0340. The quantitative estimate of drug-likeness (QED) is 0.219. The Morgan fingerprint density at radius 2 is 1.57 bits per heavy atom. The number of halogens is 5. The third kappa shape index (κ3) is 7.92. The number of hydrogen-bond donors (Lipinski definition) is 1. The number of carbonyl (C=O) groups is 1. The van der Waals surface area contributed by atoms with Gasteiger partial charge in [0.2, 0.25) is 5.95 Å². The van der Waals surface area contributed by atoms with Gasteiger partial charge in [0, 0.05) is 41.7 Å². The second-order valence-electron chi connectivity index (χ2n) is 12.5. The molecule has 0 unspecified atom stereocenters. The zero-order chi connectivity index (χ0) is 35.5. The first-order valence-electron chi connectivity index (χ1n) is 16.7. The van der Waals surface area contributed by atoms with Gasteiger partial charge in [-0.2, -0.15) is 18.2 Å². The van der Waals surface area contributed by atoms with Crippen LogP contribution in [0.2, 0.25) is 0 Å². The fraction of sp³-hybridized carbons (Fsp3) is 0.444. The Balaban J connectivity index is 0.00000230. The number of fused-ring (bicyclic) bond motifs is 1. The van der Waals surface area contributed by atoms with Crippen molar-refractivity contribution >= 4 is 22.9 Å². The van der Waals surface area contributed by atoms with Crippen molar-refractivity contribution in [3.8, 4) is 16.9 Å². The largest absolute Gasteiger partial charge is 0.405 e. The SMILES string of the molecule is CC.Cc1ccc(C(=O)NCC(F)(F)F)cc1-c1nc(N2CCC(N3CCC(C)CC3)CC2)nc2c1ccc(=O)n2-c1c(F)cccc1F. The number of aromatic nitrogens is 3. The number of nitrogens with zero attached hydrogens (tertiary/aromatic N) is 5. The van der Waals surface area contributed by atoms with Crippen molar-refractivity contribution in [2.75, 3.05) is 37.6 Å². The highest BCUT2D eigenvalue weighted by atomic mass is 19.4. The number of anilines is 1. The van der Waals surface area contributed by atoms with E-state index < -0.39 is 41.5 Å². The standard InChI is InChI=1S/C34H35F5N6O2.C2H6/c1-20-10-14-43(15-11-20)23-12-16-44(17-13-23)33-41-29(25-18-22(7-6-21(25)2)32(47)40-19-34(37,38)39)24-8-9-28(46)45(31(24)42-33)30-26(35)4-3-5-27(30)36;1-2/h3-9,18,20,23H,10-17,19H2,1-2H3,(H,40,47);1-2H3. The molecule has 0 radical (unpaired) electrons. The minimum atomic E-state index is -4.59. The highest BCUT2D eigenvalue weighted by molar-refractivity contribution is 5.98. The lowest BCUT2D eigenvalue weighted by Crippen LogP contribution is -2.48. The summed E-state index contributed by atoms with van der Waals surface area (Å²) in [7, 11) is 0. The predicted octanol–water partition coefficient (Wildman–Crippen LogP) is 7.05. The van der Waals surface area contributed by atoms with E-state index >= 15 is 8.78 Å². The van der Waals surface area contributed by atoms with Crippen LogP contribution in [0.4, 0.5) is 27.9 Å².